The second-order valence-corrected chi connectivity index (χ2v) is 3.76. The van der Waals surface area contributed by atoms with Crippen molar-refractivity contribution in [2.75, 3.05) is 0 Å². The molecule has 0 fully saturated rings. The van der Waals surface area contributed by atoms with Crippen LogP contribution in [0.3, 0.4) is 0 Å². The van der Waals surface area contributed by atoms with Crippen LogP contribution in [0.2, 0.25) is 0 Å². The molecule has 0 spiro atoms. The third-order valence-corrected chi connectivity index (χ3v) is 3.02. The first kappa shape index (κ1) is 7.51. The van der Waals surface area contributed by atoms with E-state index >= 15 is 0 Å². The summed E-state index contributed by atoms with van der Waals surface area (Å²) in [5.41, 5.74) is 0. The Balaban J connectivity index is 3.17. The Labute approximate surface area is 76.3 Å². The molecule has 0 nitrogen and oxygen atoms in total. The molecule has 0 heterocycles. The van der Waals surface area contributed by atoms with Crippen molar-refractivity contribution in [2.24, 2.45) is 0 Å². The second kappa shape index (κ2) is 2.99. The maximum atomic E-state index is 4.91. The van der Waals surface area contributed by atoms with Crippen LogP contribution in [0.4, 0.5) is 0 Å². The molecule has 0 aromatic heterocycles. The molecule has 0 saturated carbocycles. The van der Waals surface area contributed by atoms with Gasteiger partial charge in [-0.15, -0.1) is 0 Å². The minimum atomic E-state index is 0.852. The molecule has 0 N–H and O–H groups in total. The maximum Gasteiger partial charge on any atom is 0.0389 e. The van der Waals surface area contributed by atoms with E-state index in [1.54, 1.807) is 0 Å². The molecule has 0 saturated heterocycles. The first-order valence-corrected chi connectivity index (χ1v) is 4.31. The molecule has 0 aliphatic rings. The molecule has 0 aliphatic carbocycles. The van der Waals surface area contributed by atoms with E-state index < -0.39 is 0 Å². The van der Waals surface area contributed by atoms with E-state index in [9.17, 15) is 0 Å². The van der Waals surface area contributed by atoms with Gasteiger partial charge in [0.2, 0.25) is 0 Å². The Bertz CT molecular complexity index is 222. The fraction of sp³-hybridized carbons (Fsp3) is 0. The van der Waals surface area contributed by atoms with Crippen molar-refractivity contribution >= 4 is 44.5 Å². The highest BCUT2D eigenvalue weighted by Crippen LogP contribution is 2.24. The quantitative estimate of drug-likeness (QED) is 0.671. The van der Waals surface area contributed by atoms with Gasteiger partial charge in [-0.2, -0.15) is 0 Å². The third kappa shape index (κ3) is 1.92. The molecule has 1 rings (SSSR count). The van der Waals surface area contributed by atoms with Gasteiger partial charge in [-0.3, -0.25) is 0 Å². The van der Waals surface area contributed by atoms with Crippen molar-refractivity contribution in [3.8, 4) is 0 Å². The number of hydrogen-bond acceptors (Lipinski definition) is 0. The Morgan fingerprint density at radius 3 is 2.22 bits per heavy atom. The van der Waals surface area contributed by atoms with Crippen LogP contribution in [-0.4, -0.2) is 0 Å². The summed E-state index contributed by atoms with van der Waals surface area (Å²) < 4.78 is 2.05. The van der Waals surface area contributed by atoms with E-state index in [0.29, 0.717) is 0 Å². The lowest BCUT2D eigenvalue weighted by Gasteiger charge is -1.93. The summed E-state index contributed by atoms with van der Waals surface area (Å²) in [5, 5.41) is 0. The van der Waals surface area contributed by atoms with Gasteiger partial charge in [0, 0.05) is 13.8 Å². The van der Waals surface area contributed by atoms with Gasteiger partial charge in [0.05, 0.1) is 0 Å². The van der Waals surface area contributed by atoms with E-state index in [1.165, 1.54) is 0 Å². The SMILES string of the molecule is [S]c1ccc(Br)c(Br)c1. The molecule has 3 heteroatoms. The summed E-state index contributed by atoms with van der Waals surface area (Å²) >= 11 is 11.6. The Morgan fingerprint density at radius 2 is 1.78 bits per heavy atom. The summed E-state index contributed by atoms with van der Waals surface area (Å²) in [6.45, 7) is 0. The zero-order chi connectivity index (χ0) is 6.85. The molecule has 1 radical (unpaired) electrons. The zero-order valence-corrected chi connectivity index (χ0v) is 8.38. The minimum Gasteiger partial charge on any atom is -0.0801 e. The lowest BCUT2D eigenvalue weighted by molar-refractivity contribution is 1.42. The predicted octanol–water partition coefficient (Wildman–Crippen LogP) is 3.77. The van der Waals surface area contributed by atoms with E-state index in [0.717, 1.165) is 13.8 Å². The highest BCUT2D eigenvalue weighted by molar-refractivity contribution is 9.13. The van der Waals surface area contributed by atoms with E-state index in [4.69, 9.17) is 12.6 Å². The molecule has 0 unspecified atom stereocenters. The van der Waals surface area contributed by atoms with Gasteiger partial charge in [0.25, 0.3) is 0 Å². The van der Waals surface area contributed by atoms with E-state index in [2.05, 4.69) is 31.9 Å². The standard InChI is InChI=1S/C6H3Br2S/c7-5-2-1-4(9)3-6(5)8/h1-3H. The van der Waals surface area contributed by atoms with Gasteiger partial charge in [0.1, 0.15) is 0 Å². The van der Waals surface area contributed by atoms with Crippen LogP contribution in [0.5, 0.6) is 0 Å². The van der Waals surface area contributed by atoms with Crippen molar-refractivity contribution in [2.45, 2.75) is 4.90 Å². The normalized spacial score (nSPS) is 9.56. The molecule has 0 aliphatic heterocycles. The van der Waals surface area contributed by atoms with E-state index in [-0.39, 0.29) is 0 Å². The summed E-state index contributed by atoms with van der Waals surface area (Å²) in [6, 6.07) is 5.69. The molecular formula is C6H3Br2S. The van der Waals surface area contributed by atoms with Crippen molar-refractivity contribution in [3.05, 3.63) is 27.1 Å². The predicted molar refractivity (Wildman–Crippen MR) is 47.7 cm³/mol. The summed E-state index contributed by atoms with van der Waals surface area (Å²) in [6.07, 6.45) is 0. The lowest BCUT2D eigenvalue weighted by atomic mass is 10.4. The largest absolute Gasteiger partial charge is 0.0801 e. The van der Waals surface area contributed by atoms with Crippen molar-refractivity contribution < 1.29 is 0 Å². The average molecular weight is 267 g/mol. The molecule has 0 atom stereocenters. The maximum absolute atomic E-state index is 4.91. The highest BCUT2D eigenvalue weighted by atomic mass is 79.9. The fourth-order valence-corrected chi connectivity index (χ4v) is 1.44. The average Bonchev–Trinajstić information content (AvgIpc) is 1.80. The number of halogens is 2. The van der Waals surface area contributed by atoms with Gasteiger partial charge in [0.15, 0.2) is 0 Å². The summed E-state index contributed by atoms with van der Waals surface area (Å²) in [4.78, 5) is 0.852. The number of benzene rings is 1. The molecule has 1 aromatic rings. The van der Waals surface area contributed by atoms with Crippen LogP contribution in [-0.2, 0) is 0 Å². The minimum absolute atomic E-state index is 0.852. The van der Waals surface area contributed by atoms with E-state index in [1.807, 2.05) is 18.2 Å². The Kier molecular flexibility index (Phi) is 2.50. The van der Waals surface area contributed by atoms with Crippen molar-refractivity contribution in [1.29, 1.82) is 0 Å². The molecule has 0 amide bonds. The van der Waals surface area contributed by atoms with Gasteiger partial charge >= 0.3 is 0 Å². The van der Waals surface area contributed by atoms with Crippen molar-refractivity contribution in [3.63, 3.8) is 0 Å². The van der Waals surface area contributed by atoms with Crippen LogP contribution >= 0.6 is 44.5 Å². The monoisotopic (exact) mass is 265 g/mol. The summed E-state index contributed by atoms with van der Waals surface area (Å²) in [5.74, 6) is 0. The molecule has 0 bridgehead atoms. The second-order valence-electron chi connectivity index (χ2n) is 1.58. The number of rotatable bonds is 0. The van der Waals surface area contributed by atoms with Gasteiger partial charge in [-0.25, -0.2) is 0 Å². The van der Waals surface area contributed by atoms with Crippen LogP contribution < -0.4 is 0 Å². The first-order valence-electron chi connectivity index (χ1n) is 2.32. The molecular weight excluding hydrogens is 264 g/mol. The van der Waals surface area contributed by atoms with Crippen LogP contribution in [0, 0.1) is 0 Å². The smallest absolute Gasteiger partial charge is 0.0389 e. The molecule has 9 heavy (non-hydrogen) atoms. The van der Waals surface area contributed by atoms with Gasteiger partial charge < -0.3 is 0 Å². The molecule has 1 aromatic carbocycles. The zero-order valence-electron chi connectivity index (χ0n) is 4.40. The van der Waals surface area contributed by atoms with Gasteiger partial charge in [-0.05, 0) is 50.1 Å². The van der Waals surface area contributed by atoms with Crippen LogP contribution in [0.25, 0.3) is 0 Å². The fourth-order valence-electron chi connectivity index (χ4n) is 0.477. The van der Waals surface area contributed by atoms with Crippen molar-refractivity contribution in [1.82, 2.24) is 0 Å². The Morgan fingerprint density at radius 1 is 1.11 bits per heavy atom. The highest BCUT2D eigenvalue weighted by Gasteiger charge is 1.93. The van der Waals surface area contributed by atoms with Crippen LogP contribution in [0.1, 0.15) is 0 Å². The summed E-state index contributed by atoms with van der Waals surface area (Å²) in [7, 11) is 0. The van der Waals surface area contributed by atoms with Gasteiger partial charge in [-0.1, -0.05) is 12.6 Å². The third-order valence-electron chi connectivity index (χ3n) is 0.891. The topological polar surface area (TPSA) is 0 Å². The lowest BCUT2D eigenvalue weighted by Crippen LogP contribution is -1.68. The number of hydrogen-bond donors (Lipinski definition) is 0. The molecule has 47 valence electrons. The Hall–Kier alpha value is 0.400. The van der Waals surface area contributed by atoms with Crippen LogP contribution in [0.15, 0.2) is 32.0 Å². The first-order chi connectivity index (χ1) is 4.20.